The molecular formula is C29H34N8OS. The van der Waals surface area contributed by atoms with Crippen molar-refractivity contribution >= 4 is 40.4 Å². The van der Waals surface area contributed by atoms with Gasteiger partial charge in [0.05, 0.1) is 17.0 Å². The Balaban J connectivity index is 1.42. The maximum Gasteiger partial charge on any atom is 0.223 e. The molecule has 0 radical (unpaired) electrons. The Morgan fingerprint density at radius 2 is 2.08 bits per heavy atom. The fourth-order valence-electron chi connectivity index (χ4n) is 4.92. The molecule has 1 fully saturated rings. The third kappa shape index (κ3) is 6.07. The van der Waals surface area contributed by atoms with Gasteiger partial charge in [-0.1, -0.05) is 37.3 Å². The van der Waals surface area contributed by atoms with Crippen molar-refractivity contribution in [2.75, 3.05) is 25.5 Å². The number of aliphatic imine (C=N–C) groups is 1. The van der Waals surface area contributed by atoms with Crippen LogP contribution < -0.4 is 15.4 Å². The minimum Gasteiger partial charge on any atom is -0.350 e. The summed E-state index contributed by atoms with van der Waals surface area (Å²) in [6.45, 7) is 7.92. The number of nitrogens with one attached hydrogen (secondary N) is 3. The van der Waals surface area contributed by atoms with Crippen molar-refractivity contribution in [2.24, 2.45) is 10.1 Å². The van der Waals surface area contributed by atoms with Gasteiger partial charge in [-0.2, -0.15) is 5.10 Å². The Kier molecular flexibility index (Phi) is 8.43. The molecule has 0 amide bonds. The van der Waals surface area contributed by atoms with Crippen molar-refractivity contribution in [3.8, 4) is 11.3 Å². The lowest BCUT2D eigenvalue weighted by atomic mass is 10.0. The topological polar surface area (TPSA) is 109 Å². The van der Waals surface area contributed by atoms with Gasteiger partial charge in [-0.3, -0.25) is 9.71 Å². The molecule has 10 heteroatoms. The number of aromatic nitrogens is 3. The molecule has 0 saturated carbocycles. The molecule has 2 aromatic heterocycles. The van der Waals surface area contributed by atoms with E-state index in [9.17, 15) is 4.21 Å². The molecule has 2 aromatic carbocycles. The highest BCUT2D eigenvalue weighted by atomic mass is 32.2. The number of hydrogen-bond donors (Lipinski definition) is 3. The zero-order valence-corrected chi connectivity index (χ0v) is 23.2. The number of piperidine rings is 1. The Morgan fingerprint density at radius 3 is 2.79 bits per heavy atom. The maximum atomic E-state index is 12.9. The number of benzene rings is 2. The molecule has 1 saturated heterocycles. The maximum absolute atomic E-state index is 12.9. The first-order chi connectivity index (χ1) is 19.1. The van der Waals surface area contributed by atoms with Gasteiger partial charge in [0.15, 0.2) is 5.84 Å². The molecule has 39 heavy (non-hydrogen) atoms. The number of nitrogens with zero attached hydrogens (tertiary/aromatic N) is 5. The Morgan fingerprint density at radius 1 is 1.23 bits per heavy atom. The van der Waals surface area contributed by atoms with E-state index < -0.39 is 11.0 Å². The molecule has 2 unspecified atom stereocenters. The summed E-state index contributed by atoms with van der Waals surface area (Å²) >= 11 is 0. The van der Waals surface area contributed by atoms with Crippen molar-refractivity contribution < 1.29 is 4.21 Å². The molecule has 4 aromatic rings. The molecule has 3 heterocycles. The quantitative estimate of drug-likeness (QED) is 0.218. The highest BCUT2D eigenvalue weighted by molar-refractivity contribution is 7.82. The lowest BCUT2D eigenvalue weighted by Crippen LogP contribution is -2.38. The van der Waals surface area contributed by atoms with Crippen LogP contribution in [0.2, 0.25) is 0 Å². The molecule has 0 bridgehead atoms. The molecule has 1 aliphatic heterocycles. The van der Waals surface area contributed by atoms with Crippen LogP contribution in [-0.4, -0.2) is 57.6 Å². The second-order valence-electron chi connectivity index (χ2n) is 9.51. The van der Waals surface area contributed by atoms with Crippen LogP contribution in [0, 0.1) is 0 Å². The highest BCUT2D eigenvalue weighted by Crippen LogP contribution is 2.29. The first-order valence-electron chi connectivity index (χ1n) is 13.2. The summed E-state index contributed by atoms with van der Waals surface area (Å²) in [5.74, 6) is 1.51. The first kappa shape index (κ1) is 26.7. The van der Waals surface area contributed by atoms with Crippen LogP contribution in [0.25, 0.3) is 22.2 Å². The lowest BCUT2D eigenvalue weighted by Gasteiger charge is -2.23. The van der Waals surface area contributed by atoms with E-state index in [0.717, 1.165) is 65.6 Å². The van der Waals surface area contributed by atoms with Crippen LogP contribution >= 0.6 is 0 Å². The van der Waals surface area contributed by atoms with E-state index in [-0.39, 0.29) is 0 Å². The number of anilines is 1. The fourth-order valence-corrected chi connectivity index (χ4v) is 5.90. The van der Waals surface area contributed by atoms with Gasteiger partial charge in [0.1, 0.15) is 16.7 Å². The van der Waals surface area contributed by atoms with Crippen LogP contribution in [0.1, 0.15) is 36.6 Å². The minimum atomic E-state index is -1.36. The molecule has 3 N–H and O–H groups in total. The molecular weight excluding hydrogens is 508 g/mol. The molecule has 9 nitrogen and oxygen atoms in total. The van der Waals surface area contributed by atoms with Crippen molar-refractivity contribution in [3.05, 3.63) is 77.6 Å². The van der Waals surface area contributed by atoms with Crippen LogP contribution in [0.4, 0.5) is 5.95 Å². The van der Waals surface area contributed by atoms with E-state index in [2.05, 4.69) is 56.2 Å². The predicted octanol–water partition coefficient (Wildman–Crippen LogP) is 4.12. The smallest absolute Gasteiger partial charge is 0.223 e. The number of aryl methyl sites for hydroxylation is 1. The zero-order chi connectivity index (χ0) is 27.2. The number of rotatable bonds is 9. The van der Waals surface area contributed by atoms with E-state index in [1.165, 1.54) is 0 Å². The summed E-state index contributed by atoms with van der Waals surface area (Å²) in [5, 5.41) is 12.1. The normalized spacial score (nSPS) is 16.7. The fraction of sp³-hybridized carbons (Fsp3) is 0.310. The standard InChI is InChI=1S/C29H34N8OS/c1-4-21-15-22(16-23-17-33-29(35-27(21)23)34-24-11-8-14-32-18-24)25-12-13-26(37(25)31-3)28(30-2)36-39(38)19-20-9-6-5-7-10-20/h5-7,9-10,12-13,15-17,24,32H,3-4,8,11,14,18-19H2,1-2H3,(H,30,36)(H,33,34,35). The second-order valence-corrected chi connectivity index (χ2v) is 10.7. The van der Waals surface area contributed by atoms with E-state index >= 15 is 0 Å². The zero-order valence-electron chi connectivity index (χ0n) is 22.4. The summed E-state index contributed by atoms with van der Waals surface area (Å²) in [5.41, 5.74) is 5.55. The Labute approximate surface area is 231 Å². The van der Waals surface area contributed by atoms with Crippen LogP contribution in [0.15, 0.2) is 70.9 Å². The monoisotopic (exact) mass is 542 g/mol. The SMILES string of the molecule is C=Nn1c(C(=NC)NS(=O)Cc2ccccc2)ccc1-c1cc(CC)c2nc(NC3CCCNC3)ncc2c1. The molecule has 0 spiro atoms. The average Bonchev–Trinajstić information content (AvgIpc) is 3.40. The lowest BCUT2D eigenvalue weighted by molar-refractivity contribution is 0.478. The van der Waals surface area contributed by atoms with E-state index in [0.29, 0.717) is 29.3 Å². The van der Waals surface area contributed by atoms with Crippen molar-refractivity contribution in [3.63, 3.8) is 0 Å². The van der Waals surface area contributed by atoms with Gasteiger partial charge in [0.25, 0.3) is 0 Å². The Hall–Kier alpha value is -3.89. The molecule has 202 valence electrons. The number of hydrogen-bond acceptors (Lipinski definition) is 7. The summed E-state index contributed by atoms with van der Waals surface area (Å²) in [7, 11) is 0.308. The van der Waals surface area contributed by atoms with Gasteiger partial charge in [0, 0.05) is 43.5 Å². The third-order valence-corrected chi connectivity index (χ3v) is 7.90. The molecule has 2 atom stereocenters. The summed E-state index contributed by atoms with van der Waals surface area (Å²) in [6, 6.07) is 18.2. The predicted molar refractivity (Wildman–Crippen MR) is 161 cm³/mol. The number of amidine groups is 1. The van der Waals surface area contributed by atoms with Crippen molar-refractivity contribution in [1.82, 2.24) is 24.7 Å². The summed E-state index contributed by atoms with van der Waals surface area (Å²) < 4.78 is 17.6. The first-order valence-corrected chi connectivity index (χ1v) is 14.5. The van der Waals surface area contributed by atoms with Crippen LogP contribution in [0.5, 0.6) is 0 Å². The van der Waals surface area contributed by atoms with Gasteiger partial charge in [-0.15, -0.1) is 0 Å². The van der Waals surface area contributed by atoms with Crippen LogP contribution in [-0.2, 0) is 23.2 Å². The summed E-state index contributed by atoms with van der Waals surface area (Å²) in [6.07, 6.45) is 4.96. The minimum absolute atomic E-state index is 0.339. The van der Waals surface area contributed by atoms with E-state index in [4.69, 9.17) is 4.98 Å². The van der Waals surface area contributed by atoms with Gasteiger partial charge < -0.3 is 10.6 Å². The second kappa shape index (κ2) is 12.3. The van der Waals surface area contributed by atoms with Gasteiger partial charge in [0.2, 0.25) is 5.95 Å². The van der Waals surface area contributed by atoms with Crippen molar-refractivity contribution in [2.45, 2.75) is 38.0 Å². The largest absolute Gasteiger partial charge is 0.350 e. The van der Waals surface area contributed by atoms with Crippen molar-refractivity contribution in [1.29, 1.82) is 0 Å². The molecule has 0 aliphatic carbocycles. The summed E-state index contributed by atoms with van der Waals surface area (Å²) in [4.78, 5) is 13.9. The average molecular weight is 543 g/mol. The highest BCUT2D eigenvalue weighted by Gasteiger charge is 2.18. The van der Waals surface area contributed by atoms with E-state index in [1.54, 1.807) is 11.7 Å². The van der Waals surface area contributed by atoms with Gasteiger partial charge in [-0.05, 0) is 61.2 Å². The van der Waals surface area contributed by atoms with E-state index in [1.807, 2.05) is 48.7 Å². The third-order valence-electron chi connectivity index (χ3n) is 6.88. The van der Waals surface area contributed by atoms with Gasteiger partial charge >= 0.3 is 0 Å². The van der Waals surface area contributed by atoms with Gasteiger partial charge in [-0.25, -0.2) is 18.9 Å². The Bertz CT molecular complexity index is 1510. The van der Waals surface area contributed by atoms with Crippen LogP contribution in [0.3, 0.4) is 0 Å². The molecule has 5 rings (SSSR count). The number of fused-ring (bicyclic) bond motifs is 1. The molecule has 1 aliphatic rings.